The molecule has 2 aromatic carbocycles. The molecule has 0 aliphatic heterocycles. The van der Waals surface area contributed by atoms with E-state index in [-0.39, 0.29) is 34.3 Å². The average Bonchev–Trinajstić information content (AvgIpc) is 3.45. The Morgan fingerprint density at radius 1 is 1.05 bits per heavy atom. The molecule has 0 fully saturated rings. The van der Waals surface area contributed by atoms with E-state index in [4.69, 9.17) is 40.5 Å². The molecule has 3 N–H and O–H groups in total. The van der Waals surface area contributed by atoms with E-state index < -0.39 is 11.8 Å². The number of hydrogen-bond acceptors (Lipinski definition) is 6. The van der Waals surface area contributed by atoms with Crippen molar-refractivity contribution in [2.24, 2.45) is 5.73 Å². The predicted molar refractivity (Wildman–Crippen MR) is 141 cm³/mol. The molecular weight excluding hydrogens is 539 g/mol. The van der Waals surface area contributed by atoms with Gasteiger partial charge >= 0.3 is 0 Å². The SMILES string of the molecule is Cc1cc(Cl)cc(C(N)=O)c1NC(=O)c1cc(Cn2nnc3cc(Cl)ccc32)nn1-c1ncccc1Cl. The summed E-state index contributed by atoms with van der Waals surface area (Å²) in [6, 6.07) is 13.1. The Kier molecular flexibility index (Phi) is 6.55. The molecule has 2 amide bonds. The van der Waals surface area contributed by atoms with Gasteiger partial charge in [-0.3, -0.25) is 9.59 Å². The molecule has 0 spiro atoms. The van der Waals surface area contributed by atoms with Gasteiger partial charge in [0.2, 0.25) is 0 Å². The highest BCUT2D eigenvalue weighted by Gasteiger charge is 2.23. The summed E-state index contributed by atoms with van der Waals surface area (Å²) in [6.45, 7) is 1.90. The summed E-state index contributed by atoms with van der Waals surface area (Å²) in [5.41, 5.74) is 8.36. The van der Waals surface area contributed by atoms with Crippen LogP contribution in [-0.4, -0.2) is 41.6 Å². The van der Waals surface area contributed by atoms with Crippen molar-refractivity contribution in [3.05, 3.63) is 92.3 Å². The summed E-state index contributed by atoms with van der Waals surface area (Å²) in [4.78, 5) is 29.8. The van der Waals surface area contributed by atoms with Crippen LogP contribution in [0.5, 0.6) is 0 Å². The van der Waals surface area contributed by atoms with Gasteiger partial charge in [0.05, 0.1) is 34.0 Å². The number of aromatic nitrogens is 6. The molecule has 5 rings (SSSR count). The third kappa shape index (κ3) is 4.86. The molecule has 3 heterocycles. The molecule has 0 bridgehead atoms. The lowest BCUT2D eigenvalue weighted by atomic mass is 10.1. The van der Waals surface area contributed by atoms with Crippen LogP contribution in [0.3, 0.4) is 0 Å². The van der Waals surface area contributed by atoms with Crippen molar-refractivity contribution in [1.82, 2.24) is 29.8 Å². The van der Waals surface area contributed by atoms with E-state index in [1.165, 1.54) is 16.9 Å². The summed E-state index contributed by atoms with van der Waals surface area (Å²) in [5.74, 6) is -1.05. The standard InChI is InChI=1S/C24H17Cl3N8O2/c1-12-7-14(26)8-16(22(28)36)21(12)30-24(37)20-10-15(32-35(20)23-17(27)3-2-6-29-23)11-34-19-5-4-13(25)9-18(19)31-33-34/h2-10H,11H2,1H3,(H2,28,36)(H,30,37). The van der Waals surface area contributed by atoms with Gasteiger partial charge in [-0.25, -0.2) is 14.3 Å². The van der Waals surface area contributed by atoms with Gasteiger partial charge in [-0.1, -0.05) is 40.0 Å². The second-order valence-corrected chi connectivity index (χ2v) is 9.37. The van der Waals surface area contributed by atoms with Crippen molar-refractivity contribution in [2.45, 2.75) is 13.5 Å². The number of nitrogens with one attached hydrogen (secondary N) is 1. The summed E-state index contributed by atoms with van der Waals surface area (Å²) < 4.78 is 2.97. The fourth-order valence-corrected chi connectivity index (χ4v) is 4.50. The van der Waals surface area contributed by atoms with E-state index in [0.29, 0.717) is 26.8 Å². The first-order valence-electron chi connectivity index (χ1n) is 10.8. The Labute approximate surface area is 224 Å². The van der Waals surface area contributed by atoms with Crippen LogP contribution in [0, 0.1) is 6.92 Å². The molecule has 0 saturated carbocycles. The van der Waals surface area contributed by atoms with Crippen molar-refractivity contribution in [3.8, 4) is 5.82 Å². The first kappa shape index (κ1) is 24.7. The van der Waals surface area contributed by atoms with E-state index in [1.807, 2.05) is 0 Å². The number of primary amides is 1. The zero-order valence-corrected chi connectivity index (χ0v) is 21.4. The second-order valence-electron chi connectivity index (χ2n) is 8.09. The lowest BCUT2D eigenvalue weighted by Crippen LogP contribution is -2.21. The van der Waals surface area contributed by atoms with Crippen LogP contribution in [-0.2, 0) is 6.54 Å². The number of fused-ring (bicyclic) bond motifs is 1. The number of aryl methyl sites for hydroxylation is 1. The molecule has 0 unspecified atom stereocenters. The van der Waals surface area contributed by atoms with Crippen molar-refractivity contribution < 1.29 is 9.59 Å². The highest BCUT2D eigenvalue weighted by molar-refractivity contribution is 6.32. The molecule has 3 aromatic heterocycles. The van der Waals surface area contributed by atoms with Crippen LogP contribution < -0.4 is 11.1 Å². The van der Waals surface area contributed by atoms with Crippen LogP contribution >= 0.6 is 34.8 Å². The summed E-state index contributed by atoms with van der Waals surface area (Å²) in [7, 11) is 0. The first-order chi connectivity index (χ1) is 17.7. The zero-order valence-electron chi connectivity index (χ0n) is 19.1. The van der Waals surface area contributed by atoms with Gasteiger partial charge in [-0.2, -0.15) is 5.10 Å². The van der Waals surface area contributed by atoms with Crippen molar-refractivity contribution in [2.75, 3.05) is 5.32 Å². The molecule has 0 aliphatic carbocycles. The number of nitrogens with zero attached hydrogens (tertiary/aromatic N) is 6. The van der Waals surface area contributed by atoms with Gasteiger partial charge in [-0.15, -0.1) is 5.10 Å². The molecule has 37 heavy (non-hydrogen) atoms. The molecule has 186 valence electrons. The largest absolute Gasteiger partial charge is 0.366 e. The maximum atomic E-state index is 13.5. The lowest BCUT2D eigenvalue weighted by molar-refractivity contribution is 0.100. The Bertz CT molecular complexity index is 1700. The molecule has 10 nitrogen and oxygen atoms in total. The van der Waals surface area contributed by atoms with E-state index in [2.05, 4.69) is 25.7 Å². The topological polar surface area (TPSA) is 134 Å². The van der Waals surface area contributed by atoms with E-state index in [9.17, 15) is 9.59 Å². The summed E-state index contributed by atoms with van der Waals surface area (Å²) >= 11 is 18.5. The van der Waals surface area contributed by atoms with Gasteiger partial charge in [0.15, 0.2) is 5.82 Å². The molecule has 0 saturated heterocycles. The summed E-state index contributed by atoms with van der Waals surface area (Å²) in [5, 5.41) is 16.8. The maximum Gasteiger partial charge on any atom is 0.274 e. The lowest BCUT2D eigenvalue weighted by Gasteiger charge is -2.13. The normalized spacial score (nSPS) is 11.1. The third-order valence-electron chi connectivity index (χ3n) is 5.52. The molecular formula is C24H17Cl3N8O2. The minimum Gasteiger partial charge on any atom is -0.366 e. The number of carbonyl (C=O) groups is 2. The van der Waals surface area contributed by atoms with Gasteiger partial charge in [0, 0.05) is 16.2 Å². The van der Waals surface area contributed by atoms with Crippen molar-refractivity contribution >= 4 is 63.3 Å². The average molecular weight is 556 g/mol. The van der Waals surface area contributed by atoms with Crippen LogP contribution in [0.4, 0.5) is 5.69 Å². The van der Waals surface area contributed by atoms with E-state index in [0.717, 1.165) is 5.52 Å². The minimum absolute atomic E-state index is 0.0771. The van der Waals surface area contributed by atoms with Crippen molar-refractivity contribution in [3.63, 3.8) is 0 Å². The van der Waals surface area contributed by atoms with E-state index >= 15 is 0 Å². The third-order valence-corrected chi connectivity index (χ3v) is 6.27. The highest BCUT2D eigenvalue weighted by atomic mass is 35.5. The fraction of sp³-hybridized carbons (Fsp3) is 0.0833. The minimum atomic E-state index is -0.735. The molecule has 13 heteroatoms. The first-order valence-corrected chi connectivity index (χ1v) is 11.9. The second kappa shape index (κ2) is 9.81. The quantitative estimate of drug-likeness (QED) is 0.312. The molecule has 5 aromatic rings. The number of halogens is 3. The number of carbonyl (C=O) groups excluding carboxylic acids is 2. The Balaban J connectivity index is 1.57. The highest BCUT2D eigenvalue weighted by Crippen LogP contribution is 2.27. The van der Waals surface area contributed by atoms with Gasteiger partial charge < -0.3 is 11.1 Å². The number of nitrogens with two attached hydrogens (primary N) is 1. The Morgan fingerprint density at radius 3 is 2.62 bits per heavy atom. The van der Waals surface area contributed by atoms with Gasteiger partial charge in [-0.05, 0) is 61.0 Å². The Hall–Kier alpha value is -3.99. The van der Waals surface area contributed by atoms with Crippen LogP contribution in [0.25, 0.3) is 16.9 Å². The smallest absolute Gasteiger partial charge is 0.274 e. The number of benzene rings is 2. The summed E-state index contributed by atoms with van der Waals surface area (Å²) in [6.07, 6.45) is 1.54. The number of pyridine rings is 1. The molecule has 0 aliphatic rings. The fourth-order valence-electron chi connectivity index (χ4n) is 3.86. The van der Waals surface area contributed by atoms with Gasteiger partial charge in [0.25, 0.3) is 11.8 Å². The molecule has 0 radical (unpaired) electrons. The van der Waals surface area contributed by atoms with Gasteiger partial charge in [0.1, 0.15) is 11.2 Å². The predicted octanol–water partition coefficient (Wildman–Crippen LogP) is 4.68. The monoisotopic (exact) mass is 554 g/mol. The maximum absolute atomic E-state index is 13.5. The number of amides is 2. The Morgan fingerprint density at radius 2 is 1.86 bits per heavy atom. The van der Waals surface area contributed by atoms with Crippen LogP contribution in [0.2, 0.25) is 15.1 Å². The number of rotatable bonds is 6. The molecule has 0 atom stereocenters. The zero-order chi connectivity index (χ0) is 26.3. The van der Waals surface area contributed by atoms with E-state index in [1.54, 1.807) is 54.1 Å². The van der Waals surface area contributed by atoms with Crippen LogP contribution in [0.15, 0.2) is 54.7 Å². The van der Waals surface area contributed by atoms with Crippen molar-refractivity contribution in [1.29, 1.82) is 0 Å². The van der Waals surface area contributed by atoms with Crippen LogP contribution in [0.1, 0.15) is 32.1 Å². The number of anilines is 1. The number of hydrogen-bond donors (Lipinski definition) is 2.